The molecular formula is C11H18N4O. The van der Waals surface area contributed by atoms with E-state index in [2.05, 4.69) is 15.7 Å². The molecule has 2 rings (SSSR count). The standard InChI is InChI=1S/C11H18N4O/c1-12-11(16)9-7-14-15(8-9)10-3-2-5-13-6-4-10/h7-8,10,13H,2-6H2,1H3,(H,12,16)/t10-/m0/s1. The maximum absolute atomic E-state index is 11.4. The van der Waals surface area contributed by atoms with Crippen LogP contribution in [0.15, 0.2) is 12.4 Å². The molecule has 0 bridgehead atoms. The zero-order chi connectivity index (χ0) is 11.4. The van der Waals surface area contributed by atoms with Gasteiger partial charge in [0.2, 0.25) is 0 Å². The second-order valence-corrected chi connectivity index (χ2v) is 4.12. The van der Waals surface area contributed by atoms with Gasteiger partial charge in [0, 0.05) is 13.2 Å². The quantitative estimate of drug-likeness (QED) is 0.768. The average Bonchev–Trinajstić information content (AvgIpc) is 2.64. The monoisotopic (exact) mass is 222 g/mol. The number of nitrogens with one attached hydrogen (secondary N) is 2. The third-order valence-electron chi connectivity index (χ3n) is 3.01. The first-order valence-electron chi connectivity index (χ1n) is 5.78. The highest BCUT2D eigenvalue weighted by Gasteiger charge is 2.16. The molecule has 2 N–H and O–H groups in total. The average molecular weight is 222 g/mol. The van der Waals surface area contributed by atoms with Crippen molar-refractivity contribution in [1.82, 2.24) is 20.4 Å². The molecule has 1 aliphatic rings. The highest BCUT2D eigenvalue weighted by atomic mass is 16.1. The van der Waals surface area contributed by atoms with Crippen LogP contribution in [0.1, 0.15) is 35.7 Å². The fourth-order valence-corrected chi connectivity index (χ4v) is 2.06. The number of aromatic nitrogens is 2. The van der Waals surface area contributed by atoms with Crippen LogP contribution < -0.4 is 10.6 Å². The van der Waals surface area contributed by atoms with E-state index >= 15 is 0 Å². The number of carbonyl (C=O) groups is 1. The van der Waals surface area contributed by atoms with E-state index in [1.54, 1.807) is 13.2 Å². The number of hydrogen-bond acceptors (Lipinski definition) is 3. The van der Waals surface area contributed by atoms with Crippen molar-refractivity contribution >= 4 is 5.91 Å². The second-order valence-electron chi connectivity index (χ2n) is 4.12. The molecule has 0 aromatic carbocycles. The van der Waals surface area contributed by atoms with Crippen LogP contribution in [0.3, 0.4) is 0 Å². The third-order valence-corrected chi connectivity index (χ3v) is 3.01. The number of hydrogen-bond donors (Lipinski definition) is 2. The molecule has 1 aromatic heterocycles. The Balaban J connectivity index is 2.08. The Hall–Kier alpha value is -1.36. The van der Waals surface area contributed by atoms with Crippen molar-refractivity contribution in [2.75, 3.05) is 20.1 Å². The highest BCUT2D eigenvalue weighted by Crippen LogP contribution is 2.19. The lowest BCUT2D eigenvalue weighted by molar-refractivity contribution is 0.0963. The number of nitrogens with zero attached hydrogens (tertiary/aromatic N) is 2. The smallest absolute Gasteiger partial charge is 0.254 e. The molecular weight excluding hydrogens is 204 g/mol. The van der Waals surface area contributed by atoms with Crippen LogP contribution >= 0.6 is 0 Å². The maximum Gasteiger partial charge on any atom is 0.254 e. The fourth-order valence-electron chi connectivity index (χ4n) is 2.06. The third kappa shape index (κ3) is 2.41. The largest absolute Gasteiger partial charge is 0.355 e. The summed E-state index contributed by atoms with van der Waals surface area (Å²) >= 11 is 0. The molecule has 1 aromatic rings. The minimum absolute atomic E-state index is 0.0713. The number of amides is 1. The van der Waals surface area contributed by atoms with Crippen molar-refractivity contribution in [2.45, 2.75) is 25.3 Å². The zero-order valence-corrected chi connectivity index (χ0v) is 9.57. The molecule has 0 aliphatic carbocycles. The van der Waals surface area contributed by atoms with Gasteiger partial charge in [0.1, 0.15) is 0 Å². The SMILES string of the molecule is CNC(=O)c1cnn([C@H]2CCCNCC2)c1. The molecule has 0 radical (unpaired) electrons. The van der Waals surface area contributed by atoms with E-state index in [4.69, 9.17) is 0 Å². The van der Waals surface area contributed by atoms with E-state index in [0.717, 1.165) is 25.9 Å². The predicted octanol–water partition coefficient (Wildman–Crippen LogP) is 0.557. The number of carbonyl (C=O) groups excluding carboxylic acids is 1. The molecule has 0 saturated carbocycles. The van der Waals surface area contributed by atoms with Crippen LogP contribution in [0.5, 0.6) is 0 Å². The van der Waals surface area contributed by atoms with E-state index in [1.165, 1.54) is 6.42 Å². The molecule has 0 spiro atoms. The molecule has 5 nitrogen and oxygen atoms in total. The summed E-state index contributed by atoms with van der Waals surface area (Å²) in [6.45, 7) is 2.11. The zero-order valence-electron chi connectivity index (χ0n) is 9.57. The summed E-state index contributed by atoms with van der Waals surface area (Å²) in [4.78, 5) is 11.4. The first-order chi connectivity index (χ1) is 7.81. The fraction of sp³-hybridized carbons (Fsp3) is 0.636. The molecule has 0 unspecified atom stereocenters. The van der Waals surface area contributed by atoms with Crippen molar-refractivity contribution in [3.8, 4) is 0 Å². The second kappa shape index (κ2) is 5.12. The van der Waals surface area contributed by atoms with Crippen LogP contribution in [0, 0.1) is 0 Å². The Morgan fingerprint density at radius 3 is 3.25 bits per heavy atom. The van der Waals surface area contributed by atoms with Gasteiger partial charge in [-0.25, -0.2) is 0 Å². The van der Waals surface area contributed by atoms with Crippen molar-refractivity contribution in [3.63, 3.8) is 0 Å². The topological polar surface area (TPSA) is 59.0 Å². The van der Waals surface area contributed by atoms with Crippen molar-refractivity contribution in [1.29, 1.82) is 0 Å². The summed E-state index contributed by atoms with van der Waals surface area (Å²) in [5.74, 6) is -0.0713. The lowest BCUT2D eigenvalue weighted by Crippen LogP contribution is -2.17. The van der Waals surface area contributed by atoms with Crippen LogP contribution in [0.2, 0.25) is 0 Å². The molecule has 2 heterocycles. The van der Waals surface area contributed by atoms with E-state index in [-0.39, 0.29) is 5.91 Å². The van der Waals surface area contributed by atoms with Gasteiger partial charge >= 0.3 is 0 Å². The Morgan fingerprint density at radius 2 is 2.44 bits per heavy atom. The minimum atomic E-state index is -0.0713. The first kappa shape index (κ1) is 11.1. The summed E-state index contributed by atoms with van der Waals surface area (Å²) in [7, 11) is 1.63. The first-order valence-corrected chi connectivity index (χ1v) is 5.78. The normalized spacial score (nSPS) is 21.4. The van der Waals surface area contributed by atoms with E-state index in [0.29, 0.717) is 11.6 Å². The van der Waals surface area contributed by atoms with Crippen LogP contribution in [0.25, 0.3) is 0 Å². The van der Waals surface area contributed by atoms with Crippen molar-refractivity contribution in [3.05, 3.63) is 18.0 Å². The summed E-state index contributed by atoms with van der Waals surface area (Å²) in [5.41, 5.74) is 0.639. The molecule has 88 valence electrons. The van der Waals surface area contributed by atoms with E-state index < -0.39 is 0 Å². The molecule has 1 atom stereocenters. The van der Waals surface area contributed by atoms with Gasteiger partial charge in [-0.1, -0.05) is 0 Å². The molecule has 1 amide bonds. The molecule has 1 fully saturated rings. The summed E-state index contributed by atoms with van der Waals surface area (Å²) in [6.07, 6.45) is 6.85. The summed E-state index contributed by atoms with van der Waals surface area (Å²) < 4.78 is 1.93. The Bertz CT molecular complexity index is 353. The van der Waals surface area contributed by atoms with Gasteiger partial charge < -0.3 is 10.6 Å². The van der Waals surface area contributed by atoms with Gasteiger partial charge in [0.15, 0.2) is 0 Å². The van der Waals surface area contributed by atoms with Crippen LogP contribution in [-0.2, 0) is 0 Å². The van der Waals surface area contributed by atoms with Gasteiger partial charge in [-0.3, -0.25) is 9.48 Å². The summed E-state index contributed by atoms with van der Waals surface area (Å²) in [5, 5.41) is 10.3. The van der Waals surface area contributed by atoms with Gasteiger partial charge in [0.05, 0.1) is 17.8 Å². The van der Waals surface area contributed by atoms with Gasteiger partial charge in [0.25, 0.3) is 5.91 Å². The minimum Gasteiger partial charge on any atom is -0.355 e. The van der Waals surface area contributed by atoms with Gasteiger partial charge in [-0.05, 0) is 32.4 Å². The van der Waals surface area contributed by atoms with Crippen molar-refractivity contribution in [2.24, 2.45) is 0 Å². The Morgan fingerprint density at radius 1 is 1.56 bits per heavy atom. The lowest BCUT2D eigenvalue weighted by atomic mass is 10.1. The predicted molar refractivity (Wildman–Crippen MR) is 61.4 cm³/mol. The van der Waals surface area contributed by atoms with Gasteiger partial charge in [-0.2, -0.15) is 5.10 Å². The Labute approximate surface area is 95.2 Å². The molecule has 1 aliphatic heterocycles. The van der Waals surface area contributed by atoms with Crippen LogP contribution in [-0.4, -0.2) is 35.8 Å². The summed E-state index contributed by atoms with van der Waals surface area (Å²) in [6, 6.07) is 0.424. The maximum atomic E-state index is 11.4. The number of rotatable bonds is 2. The highest BCUT2D eigenvalue weighted by molar-refractivity contribution is 5.93. The molecule has 1 saturated heterocycles. The lowest BCUT2D eigenvalue weighted by Gasteiger charge is -2.13. The van der Waals surface area contributed by atoms with E-state index in [9.17, 15) is 4.79 Å². The molecule has 16 heavy (non-hydrogen) atoms. The van der Waals surface area contributed by atoms with Crippen molar-refractivity contribution < 1.29 is 4.79 Å². The van der Waals surface area contributed by atoms with Crippen LogP contribution in [0.4, 0.5) is 0 Å². The molecule has 5 heteroatoms. The van der Waals surface area contributed by atoms with Gasteiger partial charge in [-0.15, -0.1) is 0 Å². The Kier molecular flexibility index (Phi) is 3.56. The van der Waals surface area contributed by atoms with E-state index in [1.807, 2.05) is 10.9 Å².